The van der Waals surface area contributed by atoms with Crippen LogP contribution in [0.2, 0.25) is 0 Å². The summed E-state index contributed by atoms with van der Waals surface area (Å²) >= 11 is 1.33. The average molecular weight is 262 g/mol. The highest BCUT2D eigenvalue weighted by Gasteiger charge is 2.03. The highest BCUT2D eigenvalue weighted by Crippen LogP contribution is 2.20. The molecule has 94 valence electrons. The summed E-state index contributed by atoms with van der Waals surface area (Å²) in [5.74, 6) is -0.0704. The maximum Gasteiger partial charge on any atom is 0.221 e. The van der Waals surface area contributed by atoms with E-state index < -0.39 is 0 Å². The van der Waals surface area contributed by atoms with Gasteiger partial charge in [-0.1, -0.05) is 10.6 Å². The van der Waals surface area contributed by atoms with E-state index in [0.717, 1.165) is 22.6 Å². The minimum Gasteiger partial charge on any atom is -0.379 e. The molecule has 6 heteroatoms. The van der Waals surface area contributed by atoms with E-state index in [1.807, 2.05) is 30.5 Å². The number of carbonyl (C=O) groups is 1. The van der Waals surface area contributed by atoms with Gasteiger partial charge in [-0.15, -0.1) is 5.10 Å². The predicted octanol–water partition coefficient (Wildman–Crippen LogP) is 2.42. The molecule has 0 radical (unpaired) electrons. The van der Waals surface area contributed by atoms with Crippen LogP contribution in [0.15, 0.2) is 23.6 Å². The molecule has 2 rings (SSSR count). The van der Waals surface area contributed by atoms with Crippen molar-refractivity contribution in [2.24, 2.45) is 0 Å². The lowest BCUT2D eigenvalue weighted by molar-refractivity contribution is -0.114. The van der Waals surface area contributed by atoms with Gasteiger partial charge in [0.15, 0.2) is 0 Å². The summed E-state index contributed by atoms with van der Waals surface area (Å²) in [6.07, 6.45) is 0. The maximum absolute atomic E-state index is 11.1. The van der Waals surface area contributed by atoms with Gasteiger partial charge in [-0.2, -0.15) is 0 Å². The fraction of sp³-hybridized carbons (Fsp3) is 0.250. The summed E-state index contributed by atoms with van der Waals surface area (Å²) in [6.45, 7) is 4.08. The van der Waals surface area contributed by atoms with Crippen LogP contribution >= 0.6 is 11.5 Å². The Hall–Kier alpha value is -1.95. The molecule has 1 aromatic heterocycles. The fourth-order valence-corrected chi connectivity index (χ4v) is 1.96. The largest absolute Gasteiger partial charge is 0.379 e. The molecule has 0 saturated heterocycles. The van der Waals surface area contributed by atoms with Gasteiger partial charge in [0, 0.05) is 23.7 Å². The van der Waals surface area contributed by atoms with Gasteiger partial charge in [0.05, 0.1) is 12.2 Å². The van der Waals surface area contributed by atoms with E-state index in [-0.39, 0.29) is 5.91 Å². The first kappa shape index (κ1) is 12.5. The zero-order chi connectivity index (χ0) is 13.0. The first-order chi connectivity index (χ1) is 8.65. The van der Waals surface area contributed by atoms with E-state index in [1.165, 1.54) is 18.5 Å². The van der Waals surface area contributed by atoms with Gasteiger partial charge < -0.3 is 10.6 Å². The molecular formula is C12H14N4OS. The molecule has 0 aliphatic carbocycles. The number of hydrogen-bond donors (Lipinski definition) is 2. The van der Waals surface area contributed by atoms with Gasteiger partial charge in [0.1, 0.15) is 0 Å². The van der Waals surface area contributed by atoms with E-state index in [9.17, 15) is 4.79 Å². The number of benzene rings is 1. The van der Waals surface area contributed by atoms with Crippen LogP contribution in [0.3, 0.4) is 0 Å². The zero-order valence-electron chi connectivity index (χ0n) is 10.2. The van der Waals surface area contributed by atoms with Crippen LogP contribution in [0.1, 0.15) is 18.2 Å². The first-order valence-corrected chi connectivity index (χ1v) is 6.37. The van der Waals surface area contributed by atoms with Crippen molar-refractivity contribution in [3.63, 3.8) is 0 Å². The van der Waals surface area contributed by atoms with E-state index >= 15 is 0 Å². The van der Waals surface area contributed by atoms with Gasteiger partial charge in [0.25, 0.3) is 0 Å². The molecule has 0 spiro atoms. The molecule has 18 heavy (non-hydrogen) atoms. The molecule has 1 amide bonds. The van der Waals surface area contributed by atoms with Crippen molar-refractivity contribution in [1.82, 2.24) is 9.59 Å². The second kappa shape index (κ2) is 5.59. The number of carbonyl (C=O) groups excluding carboxylic acids is 1. The van der Waals surface area contributed by atoms with Crippen LogP contribution in [0.5, 0.6) is 0 Å². The Labute approximate surface area is 109 Å². The Morgan fingerprint density at radius 1 is 1.44 bits per heavy atom. The molecule has 0 fully saturated rings. The SMILES string of the molecule is CC(=O)Nc1cc(NCc2csnn2)ccc1C. The second-order valence-corrected chi connectivity index (χ2v) is 4.57. The van der Waals surface area contributed by atoms with E-state index in [2.05, 4.69) is 20.2 Å². The Morgan fingerprint density at radius 3 is 2.94 bits per heavy atom. The second-order valence-electron chi connectivity index (χ2n) is 3.96. The normalized spacial score (nSPS) is 10.1. The summed E-state index contributed by atoms with van der Waals surface area (Å²) < 4.78 is 3.80. The van der Waals surface area contributed by atoms with Crippen molar-refractivity contribution in [1.29, 1.82) is 0 Å². The van der Waals surface area contributed by atoms with Crippen molar-refractivity contribution in [3.8, 4) is 0 Å². The first-order valence-electron chi connectivity index (χ1n) is 5.53. The van der Waals surface area contributed by atoms with E-state index in [4.69, 9.17) is 0 Å². The quantitative estimate of drug-likeness (QED) is 0.888. The van der Waals surface area contributed by atoms with Gasteiger partial charge in [-0.3, -0.25) is 4.79 Å². The Balaban J connectivity index is 2.06. The lowest BCUT2D eigenvalue weighted by atomic mass is 10.1. The standard InChI is InChI=1S/C12H14N4OS/c1-8-3-4-10(5-12(8)14-9(2)17)13-6-11-7-18-16-15-11/h3-5,7,13H,6H2,1-2H3,(H,14,17). The van der Waals surface area contributed by atoms with Crippen molar-refractivity contribution < 1.29 is 4.79 Å². The van der Waals surface area contributed by atoms with Gasteiger partial charge in [-0.25, -0.2) is 0 Å². The highest BCUT2D eigenvalue weighted by atomic mass is 32.1. The number of aryl methyl sites for hydroxylation is 1. The third kappa shape index (κ3) is 3.27. The number of aromatic nitrogens is 2. The molecule has 0 aliphatic heterocycles. The minimum absolute atomic E-state index is 0.0704. The Kier molecular flexibility index (Phi) is 3.88. The molecule has 0 aliphatic rings. The summed E-state index contributed by atoms with van der Waals surface area (Å²) in [6, 6.07) is 5.85. The molecule has 0 unspecified atom stereocenters. The van der Waals surface area contributed by atoms with Crippen LogP contribution in [0.4, 0.5) is 11.4 Å². The van der Waals surface area contributed by atoms with E-state index in [0.29, 0.717) is 6.54 Å². The Bertz CT molecular complexity index is 539. The molecule has 2 N–H and O–H groups in total. The summed E-state index contributed by atoms with van der Waals surface area (Å²) in [7, 11) is 0. The molecule has 2 aromatic rings. The maximum atomic E-state index is 11.1. The van der Waals surface area contributed by atoms with Gasteiger partial charge >= 0.3 is 0 Å². The number of nitrogens with one attached hydrogen (secondary N) is 2. The zero-order valence-corrected chi connectivity index (χ0v) is 11.0. The molecule has 1 aromatic carbocycles. The number of anilines is 2. The molecule has 0 saturated carbocycles. The van der Waals surface area contributed by atoms with Gasteiger partial charge in [0.2, 0.25) is 5.91 Å². The molecular weight excluding hydrogens is 248 g/mol. The van der Waals surface area contributed by atoms with Crippen LogP contribution in [0, 0.1) is 6.92 Å². The van der Waals surface area contributed by atoms with Gasteiger partial charge in [-0.05, 0) is 36.2 Å². The van der Waals surface area contributed by atoms with Crippen LogP contribution in [-0.4, -0.2) is 15.5 Å². The van der Waals surface area contributed by atoms with Crippen LogP contribution < -0.4 is 10.6 Å². The van der Waals surface area contributed by atoms with Crippen molar-refractivity contribution in [2.75, 3.05) is 10.6 Å². The highest BCUT2D eigenvalue weighted by molar-refractivity contribution is 7.03. The third-order valence-corrected chi connectivity index (χ3v) is 2.98. The molecule has 0 atom stereocenters. The van der Waals surface area contributed by atoms with Crippen molar-refractivity contribution in [2.45, 2.75) is 20.4 Å². The van der Waals surface area contributed by atoms with Crippen LogP contribution in [0.25, 0.3) is 0 Å². The molecule has 0 bridgehead atoms. The summed E-state index contributed by atoms with van der Waals surface area (Å²) in [4.78, 5) is 11.1. The number of amides is 1. The monoisotopic (exact) mass is 262 g/mol. The predicted molar refractivity (Wildman–Crippen MR) is 72.7 cm³/mol. The van der Waals surface area contributed by atoms with E-state index in [1.54, 1.807) is 0 Å². The minimum atomic E-state index is -0.0704. The molecule has 1 heterocycles. The van der Waals surface area contributed by atoms with Crippen LogP contribution in [-0.2, 0) is 11.3 Å². The summed E-state index contributed by atoms with van der Waals surface area (Å²) in [5, 5.41) is 11.9. The molecule has 5 nitrogen and oxygen atoms in total. The van der Waals surface area contributed by atoms with Crippen molar-refractivity contribution >= 4 is 28.8 Å². The lowest BCUT2D eigenvalue weighted by Gasteiger charge is -2.10. The summed E-state index contributed by atoms with van der Waals surface area (Å²) in [5.41, 5.74) is 3.70. The Morgan fingerprint density at radius 2 is 2.28 bits per heavy atom. The smallest absolute Gasteiger partial charge is 0.221 e. The number of rotatable bonds is 4. The number of hydrogen-bond acceptors (Lipinski definition) is 5. The topological polar surface area (TPSA) is 66.9 Å². The fourth-order valence-electron chi connectivity index (χ4n) is 1.51. The average Bonchev–Trinajstić information content (AvgIpc) is 2.82. The van der Waals surface area contributed by atoms with Crippen molar-refractivity contribution in [3.05, 3.63) is 34.8 Å². The third-order valence-electron chi connectivity index (χ3n) is 2.43. The number of nitrogens with zero attached hydrogens (tertiary/aromatic N) is 2. The lowest BCUT2D eigenvalue weighted by Crippen LogP contribution is -2.08.